The first-order valence-corrected chi connectivity index (χ1v) is 8.10. The first-order chi connectivity index (χ1) is 9.24. The van der Waals surface area contributed by atoms with Gasteiger partial charge in [-0.15, -0.1) is 11.8 Å². The molecule has 0 fully saturated rings. The summed E-state index contributed by atoms with van der Waals surface area (Å²) in [6.45, 7) is 0. The first kappa shape index (κ1) is 14.6. The van der Waals surface area contributed by atoms with Gasteiger partial charge in [0.25, 0.3) is 0 Å². The summed E-state index contributed by atoms with van der Waals surface area (Å²) in [5.41, 5.74) is 5.45. The molecule has 0 bridgehead atoms. The Kier molecular flexibility index (Phi) is 5.45. The van der Waals surface area contributed by atoms with Gasteiger partial charge >= 0.3 is 0 Å². The van der Waals surface area contributed by atoms with E-state index in [1.54, 1.807) is 11.8 Å². The molecule has 0 heterocycles. The summed E-state index contributed by atoms with van der Waals surface area (Å²) in [5.74, 6) is 5.74. The molecule has 0 spiro atoms. The smallest absolute Gasteiger partial charge is 0.0511 e. The Morgan fingerprint density at radius 3 is 2.47 bits per heavy atom. The molecule has 1 unspecified atom stereocenters. The van der Waals surface area contributed by atoms with Crippen LogP contribution >= 0.6 is 27.7 Å². The van der Waals surface area contributed by atoms with Crippen LogP contribution in [-0.2, 0) is 6.42 Å². The van der Waals surface area contributed by atoms with Crippen LogP contribution in [0, 0.1) is 0 Å². The number of nitrogens with one attached hydrogen (secondary N) is 1. The number of benzene rings is 2. The Morgan fingerprint density at radius 1 is 1.16 bits per heavy atom. The van der Waals surface area contributed by atoms with Crippen molar-refractivity contribution in [2.24, 2.45) is 5.84 Å². The third-order valence-electron chi connectivity index (χ3n) is 3.07. The number of halogens is 1. The van der Waals surface area contributed by atoms with Gasteiger partial charge in [-0.3, -0.25) is 11.3 Å². The fourth-order valence-electron chi connectivity index (χ4n) is 2.07. The van der Waals surface area contributed by atoms with Gasteiger partial charge in [0, 0.05) is 9.37 Å². The van der Waals surface area contributed by atoms with Crippen LogP contribution in [0.15, 0.2) is 57.9 Å². The minimum absolute atomic E-state index is 0.129. The number of hydrogen-bond acceptors (Lipinski definition) is 3. The number of hydrazine groups is 1. The van der Waals surface area contributed by atoms with E-state index in [-0.39, 0.29) is 6.04 Å². The molecule has 0 amide bonds. The highest BCUT2D eigenvalue weighted by atomic mass is 79.9. The van der Waals surface area contributed by atoms with Gasteiger partial charge in [0.1, 0.15) is 0 Å². The maximum Gasteiger partial charge on any atom is 0.0511 e. The summed E-state index contributed by atoms with van der Waals surface area (Å²) < 4.78 is 1.10. The second kappa shape index (κ2) is 7.10. The quantitative estimate of drug-likeness (QED) is 0.493. The minimum atomic E-state index is 0.129. The lowest BCUT2D eigenvalue weighted by Crippen LogP contribution is -2.30. The van der Waals surface area contributed by atoms with Crippen LogP contribution in [-0.4, -0.2) is 6.26 Å². The summed E-state index contributed by atoms with van der Waals surface area (Å²) >= 11 is 5.20. The fourth-order valence-corrected chi connectivity index (χ4v) is 2.99. The predicted octanol–water partition coefficient (Wildman–Crippen LogP) is 3.92. The van der Waals surface area contributed by atoms with Crippen LogP contribution in [0.4, 0.5) is 0 Å². The SMILES string of the molecule is CSc1ccccc1C(Cc1ccc(Br)cc1)NN. The van der Waals surface area contributed by atoms with Gasteiger partial charge in [-0.25, -0.2) is 0 Å². The van der Waals surface area contributed by atoms with E-state index < -0.39 is 0 Å². The largest absolute Gasteiger partial charge is 0.271 e. The van der Waals surface area contributed by atoms with Crippen molar-refractivity contribution in [3.05, 3.63) is 64.1 Å². The molecule has 2 rings (SSSR count). The van der Waals surface area contributed by atoms with Gasteiger partial charge < -0.3 is 0 Å². The minimum Gasteiger partial charge on any atom is -0.271 e. The Balaban J connectivity index is 2.22. The van der Waals surface area contributed by atoms with Crippen LogP contribution in [0.5, 0.6) is 0 Å². The summed E-state index contributed by atoms with van der Waals surface area (Å²) in [6, 6.07) is 16.9. The Labute approximate surface area is 126 Å². The zero-order chi connectivity index (χ0) is 13.7. The second-order valence-corrected chi connectivity index (χ2v) is 6.06. The van der Waals surface area contributed by atoms with E-state index in [1.165, 1.54) is 16.0 Å². The molecule has 0 aliphatic rings. The molecule has 2 aromatic carbocycles. The highest BCUT2D eigenvalue weighted by molar-refractivity contribution is 9.10. The maximum absolute atomic E-state index is 5.74. The lowest BCUT2D eigenvalue weighted by molar-refractivity contribution is 0.544. The van der Waals surface area contributed by atoms with E-state index in [0.29, 0.717) is 0 Å². The predicted molar refractivity (Wildman–Crippen MR) is 86.1 cm³/mol. The number of thioether (sulfide) groups is 1. The van der Waals surface area contributed by atoms with Gasteiger partial charge in [-0.1, -0.05) is 46.3 Å². The van der Waals surface area contributed by atoms with Gasteiger partial charge in [0.05, 0.1) is 6.04 Å². The van der Waals surface area contributed by atoms with Crippen molar-refractivity contribution in [2.45, 2.75) is 17.4 Å². The van der Waals surface area contributed by atoms with Crippen LogP contribution in [0.2, 0.25) is 0 Å². The fraction of sp³-hybridized carbons (Fsp3) is 0.200. The third kappa shape index (κ3) is 3.83. The topological polar surface area (TPSA) is 38.0 Å². The van der Waals surface area contributed by atoms with E-state index in [1.807, 2.05) is 0 Å². The number of nitrogens with two attached hydrogens (primary N) is 1. The van der Waals surface area contributed by atoms with Crippen molar-refractivity contribution >= 4 is 27.7 Å². The molecule has 0 aliphatic heterocycles. The van der Waals surface area contributed by atoms with Crippen LogP contribution < -0.4 is 11.3 Å². The Hall–Kier alpha value is -0.810. The molecule has 0 aliphatic carbocycles. The number of hydrogen-bond donors (Lipinski definition) is 2. The molecule has 2 nitrogen and oxygen atoms in total. The van der Waals surface area contributed by atoms with Crippen molar-refractivity contribution in [1.29, 1.82) is 0 Å². The molecule has 0 saturated carbocycles. The van der Waals surface area contributed by atoms with E-state index in [4.69, 9.17) is 5.84 Å². The molecule has 1 atom stereocenters. The molecule has 3 N–H and O–H groups in total. The zero-order valence-electron chi connectivity index (χ0n) is 10.8. The molecule has 100 valence electrons. The summed E-state index contributed by atoms with van der Waals surface area (Å²) in [5, 5.41) is 0. The van der Waals surface area contributed by atoms with E-state index in [2.05, 4.69) is 76.1 Å². The van der Waals surface area contributed by atoms with Crippen LogP contribution in [0.1, 0.15) is 17.2 Å². The lowest BCUT2D eigenvalue weighted by Gasteiger charge is -2.19. The van der Waals surface area contributed by atoms with E-state index >= 15 is 0 Å². The summed E-state index contributed by atoms with van der Waals surface area (Å²) in [7, 11) is 0. The van der Waals surface area contributed by atoms with Gasteiger partial charge in [-0.05, 0) is 42.0 Å². The Bertz CT molecular complexity index is 528. The van der Waals surface area contributed by atoms with Crippen molar-refractivity contribution < 1.29 is 0 Å². The average Bonchev–Trinajstić information content (AvgIpc) is 2.46. The van der Waals surface area contributed by atoms with Gasteiger partial charge in [0.2, 0.25) is 0 Å². The van der Waals surface area contributed by atoms with Crippen molar-refractivity contribution in [2.75, 3.05) is 6.26 Å². The third-order valence-corrected chi connectivity index (χ3v) is 4.41. The van der Waals surface area contributed by atoms with Gasteiger partial charge in [0.15, 0.2) is 0 Å². The van der Waals surface area contributed by atoms with Crippen molar-refractivity contribution in [1.82, 2.24) is 5.43 Å². The average molecular weight is 337 g/mol. The van der Waals surface area contributed by atoms with E-state index in [0.717, 1.165) is 10.9 Å². The van der Waals surface area contributed by atoms with Crippen LogP contribution in [0.3, 0.4) is 0 Å². The highest BCUT2D eigenvalue weighted by Crippen LogP contribution is 2.27. The van der Waals surface area contributed by atoms with Crippen LogP contribution in [0.25, 0.3) is 0 Å². The van der Waals surface area contributed by atoms with Crippen molar-refractivity contribution in [3.63, 3.8) is 0 Å². The molecule has 0 saturated heterocycles. The van der Waals surface area contributed by atoms with Crippen molar-refractivity contribution in [3.8, 4) is 0 Å². The molecule has 0 radical (unpaired) electrons. The Morgan fingerprint density at radius 2 is 1.84 bits per heavy atom. The zero-order valence-corrected chi connectivity index (χ0v) is 13.2. The molecular formula is C15H17BrN2S. The second-order valence-electron chi connectivity index (χ2n) is 4.29. The van der Waals surface area contributed by atoms with E-state index in [9.17, 15) is 0 Å². The number of rotatable bonds is 5. The summed E-state index contributed by atoms with van der Waals surface area (Å²) in [6.07, 6.45) is 2.97. The molecule has 0 aromatic heterocycles. The monoisotopic (exact) mass is 336 g/mol. The van der Waals surface area contributed by atoms with Gasteiger partial charge in [-0.2, -0.15) is 0 Å². The molecule has 2 aromatic rings. The lowest BCUT2D eigenvalue weighted by atomic mass is 9.99. The standard InChI is InChI=1S/C15H17BrN2S/c1-19-15-5-3-2-4-13(15)14(18-17)10-11-6-8-12(16)9-7-11/h2-9,14,18H,10,17H2,1H3. The summed E-state index contributed by atoms with van der Waals surface area (Å²) in [4.78, 5) is 1.27. The molecule has 4 heteroatoms. The molecule has 19 heavy (non-hydrogen) atoms. The normalized spacial score (nSPS) is 12.4. The molecular weight excluding hydrogens is 320 g/mol. The maximum atomic E-state index is 5.74. The highest BCUT2D eigenvalue weighted by Gasteiger charge is 2.13. The first-order valence-electron chi connectivity index (χ1n) is 6.08.